The molecular weight excluding hydrogens is 224 g/mol. The van der Waals surface area contributed by atoms with Crippen LogP contribution in [0.1, 0.15) is 11.3 Å². The summed E-state index contributed by atoms with van der Waals surface area (Å²) >= 11 is 0. The minimum Gasteiger partial charge on any atom is -0.461 e. The van der Waals surface area contributed by atoms with Crippen molar-refractivity contribution in [3.63, 3.8) is 0 Å². The lowest BCUT2D eigenvalue weighted by molar-refractivity contribution is 0.548. The molecule has 0 unspecified atom stereocenters. The number of hydrogen-bond donors (Lipinski definition) is 0. The van der Waals surface area contributed by atoms with Crippen LogP contribution in [0.25, 0.3) is 17.4 Å². The van der Waals surface area contributed by atoms with E-state index in [9.17, 15) is 0 Å². The number of nitriles is 2. The van der Waals surface area contributed by atoms with Gasteiger partial charge < -0.3 is 4.42 Å². The molecule has 0 bridgehead atoms. The van der Waals surface area contributed by atoms with E-state index in [-0.39, 0.29) is 5.57 Å². The number of hydrogen-bond acceptors (Lipinski definition) is 3. The first-order chi connectivity index (χ1) is 8.72. The van der Waals surface area contributed by atoms with E-state index in [1.165, 1.54) is 0 Å². The maximum Gasteiger partial charge on any atom is 0.134 e. The van der Waals surface area contributed by atoms with Crippen molar-refractivity contribution in [2.45, 2.75) is 6.92 Å². The smallest absolute Gasteiger partial charge is 0.134 e. The van der Waals surface area contributed by atoms with Crippen LogP contribution in [0.4, 0.5) is 0 Å². The first kappa shape index (κ1) is 11.7. The molecule has 18 heavy (non-hydrogen) atoms. The Balaban J connectivity index is 2.41. The molecule has 2 rings (SSSR count). The number of furan rings is 1. The van der Waals surface area contributed by atoms with Crippen LogP contribution in [0, 0.1) is 29.6 Å². The van der Waals surface area contributed by atoms with Gasteiger partial charge in [0, 0.05) is 5.56 Å². The number of nitrogens with zero attached hydrogens (tertiary/aromatic N) is 2. The Bertz CT molecular complexity index is 665. The molecule has 0 aliphatic rings. The molecule has 0 radical (unpaired) electrons. The Morgan fingerprint density at radius 1 is 1.17 bits per heavy atom. The molecule has 1 aromatic heterocycles. The molecular formula is C15H10N2O. The van der Waals surface area contributed by atoms with Crippen LogP contribution in [0.2, 0.25) is 0 Å². The second kappa shape index (κ2) is 5.03. The fourth-order valence-corrected chi connectivity index (χ4v) is 1.63. The van der Waals surface area contributed by atoms with Gasteiger partial charge in [0.05, 0.1) is 0 Å². The van der Waals surface area contributed by atoms with E-state index in [1.807, 2.05) is 55.5 Å². The molecule has 0 aliphatic carbocycles. The third kappa shape index (κ3) is 2.48. The lowest BCUT2D eigenvalue weighted by atomic mass is 10.1. The van der Waals surface area contributed by atoms with E-state index >= 15 is 0 Å². The molecule has 3 heteroatoms. The van der Waals surface area contributed by atoms with Gasteiger partial charge in [-0.25, -0.2) is 0 Å². The Labute approximate surface area is 105 Å². The summed E-state index contributed by atoms with van der Waals surface area (Å²) in [6, 6.07) is 15.0. The molecule has 1 aromatic carbocycles. The molecule has 0 saturated carbocycles. The van der Waals surface area contributed by atoms with Gasteiger partial charge in [-0.3, -0.25) is 0 Å². The predicted molar refractivity (Wildman–Crippen MR) is 68.1 cm³/mol. The maximum absolute atomic E-state index is 8.72. The van der Waals surface area contributed by atoms with Crippen molar-refractivity contribution in [1.82, 2.24) is 0 Å². The highest BCUT2D eigenvalue weighted by atomic mass is 16.3. The Hall–Kier alpha value is -2.78. The van der Waals surface area contributed by atoms with Crippen molar-refractivity contribution in [3.8, 4) is 23.5 Å². The molecule has 2 aromatic rings. The predicted octanol–water partition coefficient (Wildman–Crippen LogP) is 3.69. The second-order valence-electron chi connectivity index (χ2n) is 3.82. The minimum absolute atomic E-state index is 0.0859. The van der Waals surface area contributed by atoms with Crippen LogP contribution in [0.15, 0.2) is 46.4 Å². The maximum atomic E-state index is 8.72. The molecule has 0 saturated heterocycles. The lowest BCUT2D eigenvalue weighted by Gasteiger charge is -1.99. The Morgan fingerprint density at radius 3 is 2.56 bits per heavy atom. The first-order valence-corrected chi connectivity index (χ1v) is 5.41. The van der Waals surface area contributed by atoms with Crippen molar-refractivity contribution in [2.75, 3.05) is 0 Å². The van der Waals surface area contributed by atoms with Crippen LogP contribution in [0.5, 0.6) is 0 Å². The Morgan fingerprint density at radius 2 is 1.94 bits per heavy atom. The summed E-state index contributed by atoms with van der Waals surface area (Å²) in [7, 11) is 0. The monoisotopic (exact) mass is 234 g/mol. The van der Waals surface area contributed by atoms with Crippen molar-refractivity contribution >= 4 is 6.08 Å². The first-order valence-electron chi connectivity index (χ1n) is 5.41. The highest BCUT2D eigenvalue weighted by molar-refractivity contribution is 5.67. The van der Waals surface area contributed by atoms with E-state index < -0.39 is 0 Å². The molecule has 0 N–H and O–H groups in total. The largest absolute Gasteiger partial charge is 0.461 e. The van der Waals surface area contributed by atoms with E-state index in [4.69, 9.17) is 14.9 Å². The van der Waals surface area contributed by atoms with Gasteiger partial charge in [-0.15, -0.1) is 0 Å². The van der Waals surface area contributed by atoms with E-state index in [0.29, 0.717) is 0 Å². The van der Waals surface area contributed by atoms with Gasteiger partial charge >= 0.3 is 0 Å². The SMILES string of the molecule is Cc1ccc(-c2cccc(C=C(C#N)C#N)c2)o1. The summed E-state index contributed by atoms with van der Waals surface area (Å²) in [5, 5.41) is 17.4. The third-order valence-electron chi connectivity index (χ3n) is 2.46. The summed E-state index contributed by atoms with van der Waals surface area (Å²) in [5.41, 5.74) is 1.81. The zero-order valence-electron chi connectivity index (χ0n) is 9.84. The fourth-order valence-electron chi connectivity index (χ4n) is 1.63. The normalized spacial score (nSPS) is 9.28. The lowest BCUT2D eigenvalue weighted by Crippen LogP contribution is -1.79. The summed E-state index contributed by atoms with van der Waals surface area (Å²) in [6.45, 7) is 1.89. The van der Waals surface area contributed by atoms with Crippen LogP contribution < -0.4 is 0 Å². The van der Waals surface area contributed by atoms with Crippen LogP contribution in [0.3, 0.4) is 0 Å². The number of rotatable bonds is 2. The molecule has 3 nitrogen and oxygen atoms in total. The van der Waals surface area contributed by atoms with Gasteiger partial charge in [0.2, 0.25) is 0 Å². The van der Waals surface area contributed by atoms with Gasteiger partial charge in [0.1, 0.15) is 29.2 Å². The molecule has 0 aliphatic heterocycles. The minimum atomic E-state index is 0.0859. The summed E-state index contributed by atoms with van der Waals surface area (Å²) in [6.07, 6.45) is 1.55. The average Bonchev–Trinajstić information content (AvgIpc) is 2.83. The van der Waals surface area contributed by atoms with E-state index in [2.05, 4.69) is 0 Å². The molecule has 0 fully saturated rings. The van der Waals surface area contributed by atoms with E-state index in [0.717, 1.165) is 22.6 Å². The summed E-state index contributed by atoms with van der Waals surface area (Å²) in [5.74, 6) is 1.62. The average molecular weight is 234 g/mol. The van der Waals surface area contributed by atoms with Crippen molar-refractivity contribution in [2.24, 2.45) is 0 Å². The van der Waals surface area contributed by atoms with Crippen molar-refractivity contribution in [3.05, 3.63) is 53.3 Å². The van der Waals surface area contributed by atoms with Gasteiger partial charge in [-0.2, -0.15) is 10.5 Å². The molecule has 0 spiro atoms. The number of aryl methyl sites for hydroxylation is 1. The molecule has 0 amide bonds. The number of allylic oxidation sites excluding steroid dienone is 1. The van der Waals surface area contributed by atoms with Crippen molar-refractivity contribution in [1.29, 1.82) is 10.5 Å². The summed E-state index contributed by atoms with van der Waals surface area (Å²) < 4.78 is 5.53. The van der Waals surface area contributed by atoms with Crippen LogP contribution in [-0.4, -0.2) is 0 Å². The van der Waals surface area contributed by atoms with Gasteiger partial charge in [-0.1, -0.05) is 18.2 Å². The van der Waals surface area contributed by atoms with E-state index in [1.54, 1.807) is 6.08 Å². The number of benzene rings is 1. The highest BCUT2D eigenvalue weighted by Crippen LogP contribution is 2.23. The zero-order valence-corrected chi connectivity index (χ0v) is 9.84. The summed E-state index contributed by atoms with van der Waals surface area (Å²) in [4.78, 5) is 0. The molecule has 86 valence electrons. The highest BCUT2D eigenvalue weighted by Gasteiger charge is 2.03. The quantitative estimate of drug-likeness (QED) is 0.744. The fraction of sp³-hybridized carbons (Fsp3) is 0.0667. The molecule has 1 heterocycles. The van der Waals surface area contributed by atoms with Gasteiger partial charge in [0.25, 0.3) is 0 Å². The topological polar surface area (TPSA) is 60.7 Å². The van der Waals surface area contributed by atoms with Gasteiger partial charge in [-0.05, 0) is 36.8 Å². The Kier molecular flexibility index (Phi) is 3.27. The second-order valence-corrected chi connectivity index (χ2v) is 3.82. The zero-order chi connectivity index (χ0) is 13.0. The van der Waals surface area contributed by atoms with Crippen LogP contribution in [-0.2, 0) is 0 Å². The van der Waals surface area contributed by atoms with Crippen LogP contribution >= 0.6 is 0 Å². The van der Waals surface area contributed by atoms with Gasteiger partial charge in [0.15, 0.2) is 0 Å². The molecule has 0 atom stereocenters. The standard InChI is InChI=1S/C15H10N2O/c1-11-5-6-15(18-11)14-4-2-3-12(8-14)7-13(9-16)10-17/h2-8H,1H3. The van der Waals surface area contributed by atoms with Crippen molar-refractivity contribution < 1.29 is 4.42 Å². The third-order valence-corrected chi connectivity index (χ3v) is 2.46.